The second kappa shape index (κ2) is 8.09. The molecule has 0 fully saturated rings. The first-order valence-electron chi connectivity index (χ1n) is 7.73. The smallest absolute Gasteiger partial charge is 0.406 e. The predicted octanol–water partition coefficient (Wildman–Crippen LogP) is 3.10. The number of aromatic nitrogens is 1. The van der Waals surface area contributed by atoms with Gasteiger partial charge in [0.05, 0.1) is 6.61 Å². The average Bonchev–Trinajstić information content (AvgIpc) is 2.58. The van der Waals surface area contributed by atoms with Crippen molar-refractivity contribution in [3.63, 3.8) is 0 Å². The van der Waals surface area contributed by atoms with Crippen molar-refractivity contribution >= 4 is 17.4 Å². The molecule has 0 spiro atoms. The van der Waals surface area contributed by atoms with E-state index >= 15 is 0 Å². The summed E-state index contributed by atoms with van der Waals surface area (Å²) in [6.07, 6.45) is -0.935. The SMILES string of the molecule is CCOc1ccc(NC(=O)[C@H](C)Oc2ccc(C)nc2[N+](=O)[O-])cc1. The molecule has 2 aromatic rings. The Hall–Kier alpha value is -3.16. The summed E-state index contributed by atoms with van der Waals surface area (Å²) in [5.74, 6) is -0.198. The molecule has 1 N–H and O–H groups in total. The fourth-order valence-electron chi connectivity index (χ4n) is 2.04. The number of carbonyl (C=O) groups is 1. The van der Waals surface area contributed by atoms with Gasteiger partial charge in [0.1, 0.15) is 11.4 Å². The second-order valence-electron chi connectivity index (χ2n) is 5.24. The molecule has 0 saturated heterocycles. The molecule has 1 amide bonds. The van der Waals surface area contributed by atoms with Crippen molar-refractivity contribution in [1.82, 2.24) is 4.98 Å². The number of hydrogen-bond donors (Lipinski definition) is 1. The molecule has 0 aliphatic heterocycles. The number of rotatable bonds is 7. The van der Waals surface area contributed by atoms with Gasteiger partial charge in [0.25, 0.3) is 5.91 Å². The fraction of sp³-hybridized carbons (Fsp3) is 0.294. The van der Waals surface area contributed by atoms with E-state index in [0.29, 0.717) is 23.7 Å². The van der Waals surface area contributed by atoms with Gasteiger partial charge in [0.15, 0.2) is 6.10 Å². The number of amides is 1. The van der Waals surface area contributed by atoms with Crippen molar-refractivity contribution < 1.29 is 19.2 Å². The van der Waals surface area contributed by atoms with E-state index in [4.69, 9.17) is 9.47 Å². The number of nitro groups is 1. The summed E-state index contributed by atoms with van der Waals surface area (Å²) in [7, 11) is 0. The third kappa shape index (κ3) is 4.90. The molecule has 0 bridgehead atoms. The van der Waals surface area contributed by atoms with E-state index in [0.717, 1.165) is 0 Å². The van der Waals surface area contributed by atoms with E-state index in [-0.39, 0.29) is 5.75 Å². The summed E-state index contributed by atoms with van der Waals surface area (Å²) < 4.78 is 10.7. The van der Waals surface area contributed by atoms with Crippen LogP contribution in [0.2, 0.25) is 0 Å². The van der Waals surface area contributed by atoms with Gasteiger partial charge in [-0.25, -0.2) is 0 Å². The van der Waals surface area contributed by atoms with Crippen LogP contribution in [0.25, 0.3) is 0 Å². The molecule has 8 heteroatoms. The number of carbonyl (C=O) groups excluding carboxylic acids is 1. The maximum Gasteiger partial charge on any atom is 0.406 e. The van der Waals surface area contributed by atoms with Crippen molar-refractivity contribution in [2.75, 3.05) is 11.9 Å². The molecule has 2 rings (SSSR count). The standard InChI is InChI=1S/C17H19N3O5/c1-4-24-14-8-6-13(7-9-14)19-17(21)12(3)25-15-10-5-11(2)18-16(15)20(22)23/h5-10,12H,4H2,1-3H3,(H,19,21)/t12-/m0/s1. The number of benzene rings is 1. The topological polar surface area (TPSA) is 104 Å². The van der Waals surface area contributed by atoms with E-state index in [1.54, 1.807) is 37.3 Å². The minimum absolute atomic E-state index is 0.0510. The first kappa shape index (κ1) is 18.2. The van der Waals surface area contributed by atoms with Gasteiger partial charge in [-0.1, -0.05) is 0 Å². The van der Waals surface area contributed by atoms with Crippen LogP contribution in [-0.4, -0.2) is 28.5 Å². The molecule has 0 aliphatic carbocycles. The molecule has 0 unspecified atom stereocenters. The van der Waals surface area contributed by atoms with Gasteiger partial charge >= 0.3 is 5.82 Å². The van der Waals surface area contributed by atoms with E-state index in [9.17, 15) is 14.9 Å². The minimum atomic E-state index is -0.935. The third-order valence-electron chi connectivity index (χ3n) is 3.26. The largest absolute Gasteiger partial charge is 0.494 e. The van der Waals surface area contributed by atoms with Crippen LogP contribution in [0, 0.1) is 17.0 Å². The van der Waals surface area contributed by atoms with Crippen LogP contribution in [-0.2, 0) is 4.79 Å². The lowest BCUT2D eigenvalue weighted by Gasteiger charge is -2.14. The summed E-state index contributed by atoms with van der Waals surface area (Å²) in [5.41, 5.74) is 1.06. The third-order valence-corrected chi connectivity index (χ3v) is 3.26. The molecular formula is C17H19N3O5. The Morgan fingerprint density at radius 2 is 1.96 bits per heavy atom. The molecular weight excluding hydrogens is 326 g/mol. The number of pyridine rings is 1. The number of nitrogens with one attached hydrogen (secondary N) is 1. The zero-order valence-corrected chi connectivity index (χ0v) is 14.2. The highest BCUT2D eigenvalue weighted by atomic mass is 16.6. The maximum absolute atomic E-state index is 12.2. The first-order chi connectivity index (χ1) is 11.9. The second-order valence-corrected chi connectivity index (χ2v) is 5.24. The molecule has 1 atom stereocenters. The zero-order chi connectivity index (χ0) is 18.4. The molecule has 132 valence electrons. The van der Waals surface area contributed by atoms with E-state index in [1.165, 1.54) is 13.0 Å². The average molecular weight is 345 g/mol. The van der Waals surface area contributed by atoms with Gasteiger partial charge in [0, 0.05) is 12.6 Å². The molecule has 25 heavy (non-hydrogen) atoms. The Morgan fingerprint density at radius 1 is 1.28 bits per heavy atom. The quantitative estimate of drug-likeness (QED) is 0.611. The van der Waals surface area contributed by atoms with Crippen LogP contribution >= 0.6 is 0 Å². The van der Waals surface area contributed by atoms with Gasteiger partial charge in [-0.05, 0) is 60.2 Å². The van der Waals surface area contributed by atoms with Crippen LogP contribution in [0.1, 0.15) is 19.5 Å². The van der Waals surface area contributed by atoms with Gasteiger partial charge in [-0.3, -0.25) is 4.79 Å². The van der Waals surface area contributed by atoms with Crippen molar-refractivity contribution in [3.8, 4) is 11.5 Å². The molecule has 1 heterocycles. The van der Waals surface area contributed by atoms with Gasteiger partial charge < -0.3 is 24.9 Å². The lowest BCUT2D eigenvalue weighted by molar-refractivity contribution is -0.390. The maximum atomic E-state index is 12.2. The van der Waals surface area contributed by atoms with Gasteiger partial charge in [0.2, 0.25) is 5.75 Å². The van der Waals surface area contributed by atoms with Crippen molar-refractivity contribution in [1.29, 1.82) is 0 Å². The summed E-state index contributed by atoms with van der Waals surface area (Å²) in [5, 5.41) is 13.7. The van der Waals surface area contributed by atoms with Crippen molar-refractivity contribution in [2.24, 2.45) is 0 Å². The molecule has 0 radical (unpaired) electrons. The Kier molecular flexibility index (Phi) is 5.89. The molecule has 1 aromatic carbocycles. The monoisotopic (exact) mass is 345 g/mol. The van der Waals surface area contributed by atoms with Crippen LogP contribution in [0.4, 0.5) is 11.5 Å². The summed E-state index contributed by atoms with van der Waals surface area (Å²) >= 11 is 0. The van der Waals surface area contributed by atoms with Crippen molar-refractivity contribution in [2.45, 2.75) is 26.9 Å². The summed E-state index contributed by atoms with van der Waals surface area (Å²) in [6.45, 7) is 5.58. The Labute approximate surface area is 144 Å². The van der Waals surface area contributed by atoms with E-state index in [2.05, 4.69) is 10.3 Å². The number of anilines is 1. The highest BCUT2D eigenvalue weighted by Gasteiger charge is 2.23. The lowest BCUT2D eigenvalue weighted by atomic mass is 10.2. The molecule has 8 nitrogen and oxygen atoms in total. The van der Waals surface area contributed by atoms with Crippen LogP contribution < -0.4 is 14.8 Å². The molecule has 0 aliphatic rings. The highest BCUT2D eigenvalue weighted by molar-refractivity contribution is 5.94. The lowest BCUT2D eigenvalue weighted by Crippen LogP contribution is -2.30. The van der Waals surface area contributed by atoms with Gasteiger partial charge in [-0.15, -0.1) is 0 Å². The predicted molar refractivity (Wildman–Crippen MR) is 92.0 cm³/mol. The number of ether oxygens (including phenoxy) is 2. The Balaban J connectivity index is 2.04. The van der Waals surface area contributed by atoms with Gasteiger partial charge in [-0.2, -0.15) is 0 Å². The molecule has 1 aromatic heterocycles. The highest BCUT2D eigenvalue weighted by Crippen LogP contribution is 2.25. The number of hydrogen-bond acceptors (Lipinski definition) is 6. The van der Waals surface area contributed by atoms with E-state index in [1.807, 2.05) is 6.92 Å². The van der Waals surface area contributed by atoms with E-state index < -0.39 is 22.8 Å². The van der Waals surface area contributed by atoms with Crippen LogP contribution in [0.5, 0.6) is 11.5 Å². The van der Waals surface area contributed by atoms with Crippen molar-refractivity contribution in [3.05, 3.63) is 52.2 Å². The number of nitrogens with zero attached hydrogens (tertiary/aromatic N) is 2. The van der Waals surface area contributed by atoms with Crippen LogP contribution in [0.3, 0.4) is 0 Å². The summed E-state index contributed by atoms with van der Waals surface area (Å²) in [4.78, 5) is 26.5. The zero-order valence-electron chi connectivity index (χ0n) is 14.2. The first-order valence-corrected chi connectivity index (χ1v) is 7.73. The van der Waals surface area contributed by atoms with Crippen LogP contribution in [0.15, 0.2) is 36.4 Å². The minimum Gasteiger partial charge on any atom is -0.494 e. The number of aryl methyl sites for hydroxylation is 1. The summed E-state index contributed by atoms with van der Waals surface area (Å²) in [6, 6.07) is 9.89. The normalized spacial score (nSPS) is 11.5. The fourth-order valence-corrected chi connectivity index (χ4v) is 2.04. The Morgan fingerprint density at radius 3 is 2.56 bits per heavy atom. The molecule has 0 saturated carbocycles. The Bertz CT molecular complexity index is 761.